The Balaban J connectivity index is 1.90. The van der Waals surface area contributed by atoms with Gasteiger partial charge in [0.2, 0.25) is 15.9 Å². The minimum atomic E-state index is -3.45. The Morgan fingerprint density at radius 1 is 1.03 bits per heavy atom. The lowest BCUT2D eigenvalue weighted by molar-refractivity contribution is -0.116. The van der Waals surface area contributed by atoms with Gasteiger partial charge in [0, 0.05) is 18.7 Å². The molecule has 2 aromatic carbocycles. The van der Waals surface area contributed by atoms with Gasteiger partial charge >= 0.3 is 5.97 Å². The van der Waals surface area contributed by atoms with Crippen molar-refractivity contribution in [1.82, 2.24) is 0 Å². The lowest BCUT2D eigenvalue weighted by Gasteiger charge is -2.22. The molecule has 156 valence electrons. The zero-order chi connectivity index (χ0) is 21.4. The first-order chi connectivity index (χ1) is 13.7. The molecule has 0 atom stereocenters. The van der Waals surface area contributed by atoms with Crippen LogP contribution in [0.5, 0.6) is 0 Å². The SMILES string of the molecule is CCOC(=O)c1ccc(NC(=O)CCCN(c2ccc(C)cc2)S(C)(=O)=O)cc1. The Bertz CT molecular complexity index is 938. The third-order valence-corrected chi connectivity index (χ3v) is 5.36. The Hall–Kier alpha value is -2.87. The van der Waals surface area contributed by atoms with Gasteiger partial charge in [0.25, 0.3) is 0 Å². The smallest absolute Gasteiger partial charge is 0.338 e. The Morgan fingerprint density at radius 2 is 1.66 bits per heavy atom. The highest BCUT2D eigenvalue weighted by Gasteiger charge is 2.17. The monoisotopic (exact) mass is 418 g/mol. The van der Waals surface area contributed by atoms with Gasteiger partial charge in [0.15, 0.2) is 0 Å². The van der Waals surface area contributed by atoms with E-state index < -0.39 is 16.0 Å². The number of hydrogen-bond acceptors (Lipinski definition) is 5. The minimum absolute atomic E-state index is 0.164. The third-order valence-electron chi connectivity index (χ3n) is 4.17. The highest BCUT2D eigenvalue weighted by molar-refractivity contribution is 7.92. The number of aryl methyl sites for hydroxylation is 1. The van der Waals surface area contributed by atoms with Gasteiger partial charge in [-0.05, 0) is 56.7 Å². The molecule has 0 aromatic heterocycles. The number of amides is 1. The molecular formula is C21H26N2O5S. The highest BCUT2D eigenvalue weighted by atomic mass is 32.2. The van der Waals surface area contributed by atoms with Gasteiger partial charge in [-0.25, -0.2) is 13.2 Å². The Labute approximate surface area is 171 Å². The second kappa shape index (κ2) is 10.1. The van der Waals surface area contributed by atoms with Crippen LogP contribution in [0.2, 0.25) is 0 Å². The van der Waals surface area contributed by atoms with E-state index in [1.165, 1.54) is 4.31 Å². The van der Waals surface area contributed by atoms with Gasteiger partial charge in [-0.1, -0.05) is 17.7 Å². The van der Waals surface area contributed by atoms with Crippen molar-refractivity contribution in [3.63, 3.8) is 0 Å². The third kappa shape index (κ3) is 6.90. The predicted octanol–water partition coefficient (Wildman–Crippen LogP) is 3.36. The van der Waals surface area contributed by atoms with Crippen molar-refractivity contribution in [3.8, 4) is 0 Å². The molecule has 0 saturated carbocycles. The van der Waals surface area contributed by atoms with E-state index in [0.29, 0.717) is 30.0 Å². The molecule has 0 heterocycles. The number of hydrogen-bond donors (Lipinski definition) is 1. The van der Waals surface area contributed by atoms with Crippen molar-refractivity contribution in [2.75, 3.05) is 29.0 Å². The van der Waals surface area contributed by atoms with E-state index in [4.69, 9.17) is 4.74 Å². The zero-order valence-corrected chi connectivity index (χ0v) is 17.7. The van der Waals surface area contributed by atoms with E-state index in [1.54, 1.807) is 43.3 Å². The summed E-state index contributed by atoms with van der Waals surface area (Å²) < 4.78 is 30.4. The average molecular weight is 419 g/mol. The van der Waals surface area contributed by atoms with Crippen LogP contribution in [0.4, 0.5) is 11.4 Å². The number of benzene rings is 2. The molecule has 0 aliphatic rings. The quantitative estimate of drug-likeness (QED) is 0.631. The molecule has 1 amide bonds. The molecule has 2 aromatic rings. The predicted molar refractivity (Wildman–Crippen MR) is 114 cm³/mol. The minimum Gasteiger partial charge on any atom is -0.462 e. The summed E-state index contributed by atoms with van der Waals surface area (Å²) in [6.07, 6.45) is 1.68. The summed E-state index contributed by atoms with van der Waals surface area (Å²) in [4.78, 5) is 23.8. The van der Waals surface area contributed by atoms with Crippen molar-refractivity contribution in [3.05, 3.63) is 59.7 Å². The lowest BCUT2D eigenvalue weighted by atomic mass is 10.2. The molecule has 0 saturated heterocycles. The Kier molecular flexibility index (Phi) is 7.78. The number of carbonyl (C=O) groups excluding carboxylic acids is 2. The summed E-state index contributed by atoms with van der Waals surface area (Å²) in [7, 11) is -3.45. The fourth-order valence-electron chi connectivity index (χ4n) is 2.71. The molecule has 0 unspecified atom stereocenters. The van der Waals surface area contributed by atoms with Gasteiger partial charge in [0.05, 0.1) is 24.1 Å². The summed E-state index contributed by atoms with van der Waals surface area (Å²) in [5.74, 6) is -0.645. The molecule has 29 heavy (non-hydrogen) atoms. The first kappa shape index (κ1) is 22.4. The molecular weight excluding hydrogens is 392 g/mol. The fourth-order valence-corrected chi connectivity index (χ4v) is 3.67. The number of carbonyl (C=O) groups is 2. The van der Waals surface area contributed by atoms with Crippen molar-refractivity contribution in [1.29, 1.82) is 0 Å². The molecule has 8 heteroatoms. The normalized spacial score (nSPS) is 11.0. The number of esters is 1. The molecule has 0 aliphatic carbocycles. The molecule has 0 bridgehead atoms. The van der Waals surface area contributed by atoms with Crippen molar-refractivity contribution >= 4 is 33.3 Å². The van der Waals surface area contributed by atoms with Gasteiger partial charge in [-0.2, -0.15) is 0 Å². The van der Waals surface area contributed by atoms with Gasteiger partial charge in [0.1, 0.15) is 0 Å². The molecule has 0 aliphatic heterocycles. The standard InChI is InChI=1S/C21H26N2O5S/c1-4-28-21(25)17-9-11-18(12-10-17)22-20(24)6-5-15-23(29(3,26)27)19-13-7-16(2)8-14-19/h7-14H,4-6,15H2,1-3H3,(H,22,24). The number of rotatable bonds is 9. The Morgan fingerprint density at radius 3 is 2.21 bits per heavy atom. The summed E-state index contributed by atoms with van der Waals surface area (Å²) in [5.41, 5.74) is 2.58. The average Bonchev–Trinajstić information content (AvgIpc) is 2.66. The zero-order valence-electron chi connectivity index (χ0n) is 16.8. The number of anilines is 2. The molecule has 0 fully saturated rings. The maximum Gasteiger partial charge on any atom is 0.338 e. The van der Waals surface area contributed by atoms with E-state index in [9.17, 15) is 18.0 Å². The molecule has 0 radical (unpaired) electrons. The first-order valence-electron chi connectivity index (χ1n) is 9.32. The summed E-state index contributed by atoms with van der Waals surface area (Å²) in [6, 6.07) is 13.6. The van der Waals surface area contributed by atoms with Crippen LogP contribution < -0.4 is 9.62 Å². The number of sulfonamides is 1. The van der Waals surface area contributed by atoms with Crippen LogP contribution in [0.1, 0.15) is 35.7 Å². The second-order valence-electron chi connectivity index (χ2n) is 6.62. The van der Waals surface area contributed by atoms with Crippen LogP contribution >= 0.6 is 0 Å². The van der Waals surface area contributed by atoms with Crippen LogP contribution in [-0.4, -0.2) is 39.7 Å². The highest BCUT2D eigenvalue weighted by Crippen LogP contribution is 2.19. The van der Waals surface area contributed by atoms with E-state index in [1.807, 2.05) is 19.1 Å². The van der Waals surface area contributed by atoms with Crippen LogP contribution in [-0.2, 0) is 19.6 Å². The van der Waals surface area contributed by atoms with Crippen LogP contribution in [0.15, 0.2) is 48.5 Å². The van der Waals surface area contributed by atoms with Gasteiger partial charge in [-0.15, -0.1) is 0 Å². The molecule has 7 nitrogen and oxygen atoms in total. The molecule has 2 rings (SSSR count). The van der Waals surface area contributed by atoms with Crippen LogP contribution in [0.25, 0.3) is 0 Å². The van der Waals surface area contributed by atoms with Crippen LogP contribution in [0, 0.1) is 6.92 Å². The van der Waals surface area contributed by atoms with Gasteiger partial charge in [-0.3, -0.25) is 9.10 Å². The van der Waals surface area contributed by atoms with Gasteiger partial charge < -0.3 is 10.1 Å². The molecule has 1 N–H and O–H groups in total. The summed E-state index contributed by atoms with van der Waals surface area (Å²) in [6.45, 7) is 4.16. The second-order valence-corrected chi connectivity index (χ2v) is 8.53. The maximum atomic E-state index is 12.2. The van der Waals surface area contributed by atoms with E-state index in [-0.39, 0.29) is 18.9 Å². The lowest BCUT2D eigenvalue weighted by Crippen LogP contribution is -2.31. The van der Waals surface area contributed by atoms with E-state index >= 15 is 0 Å². The summed E-state index contributed by atoms with van der Waals surface area (Å²) >= 11 is 0. The summed E-state index contributed by atoms with van der Waals surface area (Å²) in [5, 5.41) is 2.74. The van der Waals surface area contributed by atoms with Crippen molar-refractivity contribution in [2.45, 2.75) is 26.7 Å². The topological polar surface area (TPSA) is 92.8 Å². The fraction of sp³-hybridized carbons (Fsp3) is 0.333. The maximum absolute atomic E-state index is 12.2. The largest absolute Gasteiger partial charge is 0.462 e. The van der Waals surface area contributed by atoms with Crippen LogP contribution in [0.3, 0.4) is 0 Å². The first-order valence-corrected chi connectivity index (χ1v) is 11.2. The van der Waals surface area contributed by atoms with Crippen molar-refractivity contribution in [2.24, 2.45) is 0 Å². The van der Waals surface area contributed by atoms with E-state index in [2.05, 4.69) is 5.32 Å². The number of nitrogens with one attached hydrogen (secondary N) is 1. The van der Waals surface area contributed by atoms with Crippen molar-refractivity contribution < 1.29 is 22.7 Å². The molecule has 0 spiro atoms. The number of nitrogens with zero attached hydrogens (tertiary/aromatic N) is 1. The van der Waals surface area contributed by atoms with E-state index in [0.717, 1.165) is 11.8 Å². The number of ether oxygens (including phenoxy) is 1.